The lowest BCUT2D eigenvalue weighted by atomic mass is 9.65. The molecule has 20 unspecified atom stereocenters. The zero-order chi connectivity index (χ0) is 32.5. The second-order valence-electron chi connectivity index (χ2n) is 18.3. The lowest BCUT2D eigenvalue weighted by Crippen LogP contribution is -2.35. The molecule has 0 aliphatic heterocycles. The fourth-order valence-electron chi connectivity index (χ4n) is 15.7. The standard InChI is InChI=1S/C48H64/c1-5-9-15-38-37(14-8-4)41-27-42(38)48-32(21-20-30-24-29(12-6-2)35-16-10-17-36(30)35)26-34(46(41)48)23-22-33-25-31(13-7-3)45-43-28-44(47(33)45)40-19-11-18-39(40)43/h5-14,17-18,20-23,29-48H,15-16,19,24-28H2,1-4H3/b9-5?,12-6?,13-7?,14-8?,21-20+,23-22+. The molecule has 0 radical (unpaired) electrons. The van der Waals surface area contributed by atoms with Gasteiger partial charge in [0.15, 0.2) is 0 Å². The van der Waals surface area contributed by atoms with Crippen LogP contribution in [0.4, 0.5) is 0 Å². The maximum Gasteiger partial charge on any atom is -0.0133 e. The molecule has 0 aromatic heterocycles. The van der Waals surface area contributed by atoms with Crippen molar-refractivity contribution in [3.63, 3.8) is 0 Å². The summed E-state index contributed by atoms with van der Waals surface area (Å²) in [6.07, 6.45) is 52.5. The van der Waals surface area contributed by atoms with Crippen LogP contribution in [-0.2, 0) is 0 Å². The normalized spacial score (nSPS) is 54.3. The van der Waals surface area contributed by atoms with E-state index in [4.69, 9.17) is 0 Å². The van der Waals surface area contributed by atoms with Crippen LogP contribution in [0.25, 0.3) is 0 Å². The van der Waals surface area contributed by atoms with Gasteiger partial charge < -0.3 is 0 Å². The first-order chi connectivity index (χ1) is 23.6. The van der Waals surface area contributed by atoms with Gasteiger partial charge in [-0.05, 0) is 197 Å². The molecular formula is C48H64. The Morgan fingerprint density at radius 3 is 1.69 bits per heavy atom. The highest BCUT2D eigenvalue weighted by Gasteiger charge is 2.64. The first kappa shape index (κ1) is 31.9. The van der Waals surface area contributed by atoms with Crippen molar-refractivity contribution in [2.75, 3.05) is 0 Å². The van der Waals surface area contributed by atoms with E-state index in [1.54, 1.807) is 0 Å². The van der Waals surface area contributed by atoms with Crippen molar-refractivity contribution in [2.24, 2.45) is 118 Å². The highest BCUT2D eigenvalue weighted by Crippen LogP contribution is 2.70. The zero-order valence-corrected chi connectivity index (χ0v) is 30.4. The Balaban J connectivity index is 0.998. The molecule has 7 fully saturated rings. The molecule has 0 heteroatoms. The number of rotatable bonds is 9. The molecule has 0 spiro atoms. The average molecular weight is 641 g/mol. The van der Waals surface area contributed by atoms with E-state index in [2.05, 4.69) is 125 Å². The van der Waals surface area contributed by atoms with E-state index in [1.165, 1.54) is 51.4 Å². The van der Waals surface area contributed by atoms with E-state index in [0.717, 1.165) is 118 Å². The van der Waals surface area contributed by atoms with Crippen LogP contribution in [-0.4, -0.2) is 0 Å². The third-order valence-electron chi connectivity index (χ3n) is 16.9. The molecule has 4 bridgehead atoms. The smallest absolute Gasteiger partial charge is 0.0133 e. The summed E-state index contributed by atoms with van der Waals surface area (Å²) in [5, 5.41) is 0. The minimum Gasteiger partial charge on any atom is -0.0917 e. The first-order valence-electron chi connectivity index (χ1n) is 20.8. The van der Waals surface area contributed by atoms with Crippen molar-refractivity contribution < 1.29 is 0 Å². The number of hydrogen-bond acceptors (Lipinski definition) is 0. The van der Waals surface area contributed by atoms with Gasteiger partial charge >= 0.3 is 0 Å². The Hall–Kier alpha value is -2.08. The van der Waals surface area contributed by atoms with Gasteiger partial charge in [0.2, 0.25) is 0 Å². The van der Waals surface area contributed by atoms with Gasteiger partial charge in [-0.3, -0.25) is 0 Å². The molecule has 20 atom stereocenters. The molecule has 0 heterocycles. The fourth-order valence-corrected chi connectivity index (χ4v) is 15.7. The Morgan fingerprint density at radius 2 is 0.979 bits per heavy atom. The minimum absolute atomic E-state index is 0.738. The van der Waals surface area contributed by atoms with Gasteiger partial charge in [-0.2, -0.15) is 0 Å². The van der Waals surface area contributed by atoms with Crippen molar-refractivity contribution in [1.82, 2.24) is 0 Å². The molecule has 9 aliphatic rings. The van der Waals surface area contributed by atoms with Gasteiger partial charge in [-0.15, -0.1) is 0 Å². The largest absolute Gasteiger partial charge is 0.0917 e. The van der Waals surface area contributed by atoms with Crippen molar-refractivity contribution >= 4 is 0 Å². The van der Waals surface area contributed by atoms with Gasteiger partial charge in [0.1, 0.15) is 0 Å². The van der Waals surface area contributed by atoms with E-state index >= 15 is 0 Å². The van der Waals surface area contributed by atoms with Crippen LogP contribution in [0.1, 0.15) is 79.1 Å². The van der Waals surface area contributed by atoms with Gasteiger partial charge in [0.25, 0.3) is 0 Å². The summed E-state index contributed by atoms with van der Waals surface area (Å²) in [7, 11) is 0. The maximum atomic E-state index is 2.88. The molecule has 256 valence electrons. The molecule has 0 amide bonds. The maximum absolute atomic E-state index is 2.88. The van der Waals surface area contributed by atoms with Crippen molar-refractivity contribution in [1.29, 1.82) is 0 Å². The van der Waals surface area contributed by atoms with E-state index in [1.807, 2.05) is 0 Å². The van der Waals surface area contributed by atoms with Crippen LogP contribution >= 0.6 is 0 Å². The van der Waals surface area contributed by atoms with Crippen molar-refractivity contribution in [3.05, 3.63) is 97.2 Å². The number of allylic oxidation sites excluding steroid dienone is 16. The molecule has 0 nitrogen and oxygen atoms in total. The van der Waals surface area contributed by atoms with Gasteiger partial charge in [-0.1, -0.05) is 97.2 Å². The Kier molecular flexibility index (Phi) is 8.57. The second-order valence-corrected chi connectivity index (χ2v) is 18.3. The van der Waals surface area contributed by atoms with Gasteiger partial charge in [-0.25, -0.2) is 0 Å². The summed E-state index contributed by atoms with van der Waals surface area (Å²) < 4.78 is 0. The Bertz CT molecular complexity index is 1430. The molecule has 9 aliphatic carbocycles. The molecule has 0 N–H and O–H groups in total. The van der Waals surface area contributed by atoms with Crippen LogP contribution in [0, 0.1) is 118 Å². The van der Waals surface area contributed by atoms with Crippen LogP contribution in [0.5, 0.6) is 0 Å². The molecular weight excluding hydrogens is 577 g/mol. The zero-order valence-electron chi connectivity index (χ0n) is 30.4. The predicted molar refractivity (Wildman–Crippen MR) is 203 cm³/mol. The van der Waals surface area contributed by atoms with E-state index < -0.39 is 0 Å². The summed E-state index contributed by atoms with van der Waals surface area (Å²) in [5.74, 6) is 17.2. The summed E-state index contributed by atoms with van der Waals surface area (Å²) in [6.45, 7) is 8.99. The van der Waals surface area contributed by atoms with E-state index in [0.29, 0.717) is 0 Å². The quantitative estimate of drug-likeness (QED) is 0.220. The van der Waals surface area contributed by atoms with E-state index in [-0.39, 0.29) is 0 Å². The monoisotopic (exact) mass is 641 g/mol. The second kappa shape index (κ2) is 12.9. The molecule has 0 saturated heterocycles. The molecule has 7 saturated carbocycles. The summed E-state index contributed by atoms with van der Waals surface area (Å²) in [6, 6.07) is 0. The third kappa shape index (κ3) is 4.87. The average Bonchev–Trinajstić information content (AvgIpc) is 3.91. The number of hydrogen-bond donors (Lipinski definition) is 0. The van der Waals surface area contributed by atoms with Crippen LogP contribution in [0.15, 0.2) is 97.2 Å². The molecule has 0 aromatic rings. The SMILES string of the molecule is CC=CCC1C(C=CC)C2CC1C1C(/C=C/C3CC(C=CC)C4CC=CC34)CC(/C=C/C3CC(C=CC)C4C5CC(C6CC=CC65)C34)C21. The Labute approximate surface area is 293 Å². The fraction of sp³-hybridized carbons (Fsp3) is 0.667. The highest BCUT2D eigenvalue weighted by atomic mass is 14.7. The first-order valence-corrected chi connectivity index (χ1v) is 20.8. The predicted octanol–water partition coefficient (Wildman–Crippen LogP) is 12.1. The number of fused-ring (bicyclic) bond motifs is 14. The minimum atomic E-state index is 0.738. The van der Waals surface area contributed by atoms with Gasteiger partial charge in [0, 0.05) is 0 Å². The molecule has 0 aromatic carbocycles. The lowest BCUT2D eigenvalue weighted by Gasteiger charge is -2.40. The summed E-state index contributed by atoms with van der Waals surface area (Å²) in [5.41, 5.74) is 0. The Morgan fingerprint density at radius 1 is 0.438 bits per heavy atom. The van der Waals surface area contributed by atoms with Crippen LogP contribution in [0.3, 0.4) is 0 Å². The molecule has 48 heavy (non-hydrogen) atoms. The third-order valence-corrected chi connectivity index (χ3v) is 16.9. The van der Waals surface area contributed by atoms with Gasteiger partial charge in [0.05, 0.1) is 0 Å². The van der Waals surface area contributed by atoms with E-state index in [9.17, 15) is 0 Å². The van der Waals surface area contributed by atoms with Crippen molar-refractivity contribution in [3.8, 4) is 0 Å². The van der Waals surface area contributed by atoms with Crippen LogP contribution in [0.2, 0.25) is 0 Å². The molecule has 9 rings (SSSR count). The van der Waals surface area contributed by atoms with Crippen LogP contribution < -0.4 is 0 Å². The summed E-state index contributed by atoms with van der Waals surface area (Å²) in [4.78, 5) is 0. The highest BCUT2D eigenvalue weighted by molar-refractivity contribution is 5.25. The lowest BCUT2D eigenvalue weighted by molar-refractivity contribution is 0.118. The topological polar surface area (TPSA) is 0 Å². The summed E-state index contributed by atoms with van der Waals surface area (Å²) >= 11 is 0. The van der Waals surface area contributed by atoms with Crippen molar-refractivity contribution in [2.45, 2.75) is 79.1 Å².